The molecule has 0 saturated heterocycles. The van der Waals surface area contributed by atoms with Crippen LogP contribution in [0.5, 0.6) is 0 Å². The molecule has 0 radical (unpaired) electrons. The SMILES string of the molecule is CCc1cccc(CC)c1-n1cc(C(=O)O)ccc1=O. The molecule has 0 fully saturated rings. The van der Waals surface area contributed by atoms with E-state index in [9.17, 15) is 9.59 Å². The summed E-state index contributed by atoms with van der Waals surface area (Å²) in [5, 5.41) is 9.08. The zero-order valence-corrected chi connectivity index (χ0v) is 11.6. The van der Waals surface area contributed by atoms with Gasteiger partial charge in [-0.15, -0.1) is 0 Å². The van der Waals surface area contributed by atoms with Gasteiger partial charge in [0, 0.05) is 12.3 Å². The fourth-order valence-corrected chi connectivity index (χ4v) is 2.31. The topological polar surface area (TPSA) is 59.3 Å². The van der Waals surface area contributed by atoms with Crippen LogP contribution in [-0.4, -0.2) is 15.6 Å². The van der Waals surface area contributed by atoms with Crippen LogP contribution in [0.1, 0.15) is 35.3 Å². The van der Waals surface area contributed by atoms with E-state index in [0.29, 0.717) is 0 Å². The fourth-order valence-electron chi connectivity index (χ4n) is 2.31. The number of hydrogen-bond acceptors (Lipinski definition) is 2. The van der Waals surface area contributed by atoms with Crippen LogP contribution in [0.3, 0.4) is 0 Å². The van der Waals surface area contributed by atoms with Crippen molar-refractivity contribution in [2.75, 3.05) is 0 Å². The minimum atomic E-state index is -1.04. The minimum Gasteiger partial charge on any atom is -0.478 e. The van der Waals surface area contributed by atoms with Crippen molar-refractivity contribution >= 4 is 5.97 Å². The molecule has 4 nitrogen and oxygen atoms in total. The number of carboxylic acid groups (broad SMARTS) is 1. The number of pyridine rings is 1. The molecule has 0 aliphatic carbocycles. The highest BCUT2D eigenvalue weighted by Gasteiger charge is 2.12. The molecular weight excluding hydrogens is 254 g/mol. The summed E-state index contributed by atoms with van der Waals surface area (Å²) in [6.45, 7) is 4.04. The number of benzene rings is 1. The Hall–Kier alpha value is -2.36. The Bertz CT molecular complexity index is 679. The molecule has 2 rings (SSSR count). The van der Waals surface area contributed by atoms with Crippen molar-refractivity contribution in [2.45, 2.75) is 26.7 Å². The van der Waals surface area contributed by atoms with Gasteiger partial charge in [0.2, 0.25) is 0 Å². The van der Waals surface area contributed by atoms with Crippen LogP contribution in [-0.2, 0) is 12.8 Å². The van der Waals surface area contributed by atoms with Gasteiger partial charge in [-0.2, -0.15) is 0 Å². The van der Waals surface area contributed by atoms with Crippen molar-refractivity contribution in [3.8, 4) is 5.69 Å². The monoisotopic (exact) mass is 271 g/mol. The molecule has 104 valence electrons. The highest BCUT2D eigenvalue weighted by molar-refractivity contribution is 5.87. The van der Waals surface area contributed by atoms with Gasteiger partial charge in [-0.3, -0.25) is 9.36 Å². The molecule has 0 atom stereocenters. The van der Waals surface area contributed by atoms with Crippen molar-refractivity contribution < 1.29 is 9.90 Å². The summed E-state index contributed by atoms with van der Waals surface area (Å²) >= 11 is 0. The molecule has 0 bridgehead atoms. The highest BCUT2D eigenvalue weighted by atomic mass is 16.4. The van der Waals surface area contributed by atoms with E-state index in [1.165, 1.54) is 22.9 Å². The quantitative estimate of drug-likeness (QED) is 0.930. The average Bonchev–Trinajstić information content (AvgIpc) is 2.46. The number of aryl methyl sites for hydroxylation is 2. The van der Waals surface area contributed by atoms with Gasteiger partial charge in [-0.05, 0) is 30.0 Å². The second-order valence-electron chi connectivity index (χ2n) is 4.56. The molecule has 0 aliphatic rings. The maximum atomic E-state index is 12.1. The standard InChI is InChI=1S/C16H17NO3/c1-3-11-6-5-7-12(4-2)15(11)17-10-13(16(19)20)8-9-14(17)18/h5-10H,3-4H2,1-2H3,(H,19,20). The summed E-state index contributed by atoms with van der Waals surface area (Å²) in [5.41, 5.74) is 2.77. The predicted molar refractivity (Wildman–Crippen MR) is 77.8 cm³/mol. The van der Waals surface area contributed by atoms with Crippen molar-refractivity contribution in [1.82, 2.24) is 4.57 Å². The highest BCUT2D eigenvalue weighted by Crippen LogP contribution is 2.20. The Kier molecular flexibility index (Phi) is 4.03. The zero-order valence-electron chi connectivity index (χ0n) is 11.6. The third-order valence-electron chi connectivity index (χ3n) is 3.36. The number of aromatic carboxylic acids is 1. The molecule has 0 saturated carbocycles. The van der Waals surface area contributed by atoms with E-state index in [0.717, 1.165) is 29.7 Å². The van der Waals surface area contributed by atoms with E-state index in [1.807, 2.05) is 32.0 Å². The summed E-state index contributed by atoms with van der Waals surface area (Å²) in [7, 11) is 0. The number of hydrogen-bond donors (Lipinski definition) is 1. The van der Waals surface area contributed by atoms with Crippen molar-refractivity contribution in [3.05, 3.63) is 63.6 Å². The summed E-state index contributed by atoms with van der Waals surface area (Å²) in [5.74, 6) is -1.04. The Balaban J connectivity index is 2.76. The summed E-state index contributed by atoms with van der Waals surface area (Å²) < 4.78 is 1.45. The number of carboxylic acids is 1. The molecule has 0 unspecified atom stereocenters. The number of carbonyl (C=O) groups is 1. The average molecular weight is 271 g/mol. The second kappa shape index (κ2) is 5.74. The summed E-state index contributed by atoms with van der Waals surface area (Å²) in [4.78, 5) is 23.2. The summed E-state index contributed by atoms with van der Waals surface area (Å²) in [6.07, 6.45) is 2.97. The van der Waals surface area contributed by atoms with Crippen LogP contribution < -0.4 is 5.56 Å². The van der Waals surface area contributed by atoms with Crippen LogP contribution in [0.15, 0.2) is 41.3 Å². The van der Waals surface area contributed by atoms with Crippen LogP contribution in [0, 0.1) is 0 Å². The molecule has 2 aromatic rings. The maximum Gasteiger partial charge on any atom is 0.337 e. The van der Waals surface area contributed by atoms with E-state index >= 15 is 0 Å². The Morgan fingerprint density at radius 1 is 1.10 bits per heavy atom. The third kappa shape index (κ3) is 2.50. The van der Waals surface area contributed by atoms with E-state index in [4.69, 9.17) is 5.11 Å². The molecule has 0 aliphatic heterocycles. The van der Waals surface area contributed by atoms with Crippen LogP contribution in [0.25, 0.3) is 5.69 Å². The molecule has 1 aromatic heterocycles. The second-order valence-corrected chi connectivity index (χ2v) is 4.56. The zero-order chi connectivity index (χ0) is 14.7. The largest absolute Gasteiger partial charge is 0.478 e. The van der Waals surface area contributed by atoms with Gasteiger partial charge in [0.25, 0.3) is 5.56 Å². The van der Waals surface area contributed by atoms with Gasteiger partial charge in [-0.25, -0.2) is 4.79 Å². The van der Waals surface area contributed by atoms with E-state index in [2.05, 4.69) is 0 Å². The minimum absolute atomic E-state index is 0.109. The van der Waals surface area contributed by atoms with Crippen molar-refractivity contribution in [2.24, 2.45) is 0 Å². The lowest BCUT2D eigenvalue weighted by molar-refractivity contribution is 0.0696. The number of rotatable bonds is 4. The maximum absolute atomic E-state index is 12.1. The molecular formula is C16H17NO3. The third-order valence-corrected chi connectivity index (χ3v) is 3.36. The Labute approximate surface area is 117 Å². The Morgan fingerprint density at radius 2 is 1.70 bits per heavy atom. The van der Waals surface area contributed by atoms with Gasteiger partial charge in [-0.1, -0.05) is 32.0 Å². The lowest BCUT2D eigenvalue weighted by Crippen LogP contribution is -2.21. The number of nitrogens with zero attached hydrogens (tertiary/aromatic N) is 1. The first-order valence-corrected chi connectivity index (χ1v) is 6.65. The van der Waals surface area contributed by atoms with Gasteiger partial charge in [0.15, 0.2) is 0 Å². The first kappa shape index (κ1) is 14.1. The molecule has 1 aromatic carbocycles. The molecule has 4 heteroatoms. The Morgan fingerprint density at radius 3 is 2.20 bits per heavy atom. The summed E-state index contributed by atoms with van der Waals surface area (Å²) in [6, 6.07) is 8.53. The van der Waals surface area contributed by atoms with Gasteiger partial charge in [0.1, 0.15) is 0 Å². The van der Waals surface area contributed by atoms with E-state index in [1.54, 1.807) is 0 Å². The molecule has 0 spiro atoms. The molecule has 1 heterocycles. The van der Waals surface area contributed by atoms with Crippen molar-refractivity contribution in [1.29, 1.82) is 0 Å². The number of aromatic nitrogens is 1. The lowest BCUT2D eigenvalue weighted by Gasteiger charge is -2.15. The molecule has 1 N–H and O–H groups in total. The first-order chi connectivity index (χ1) is 9.58. The van der Waals surface area contributed by atoms with Gasteiger partial charge < -0.3 is 5.11 Å². The van der Waals surface area contributed by atoms with E-state index in [-0.39, 0.29) is 11.1 Å². The van der Waals surface area contributed by atoms with Gasteiger partial charge in [0.05, 0.1) is 11.3 Å². The van der Waals surface area contributed by atoms with Crippen LogP contribution in [0.2, 0.25) is 0 Å². The molecule has 0 amide bonds. The van der Waals surface area contributed by atoms with Crippen LogP contribution >= 0.6 is 0 Å². The predicted octanol–water partition coefficient (Wildman–Crippen LogP) is 2.66. The normalized spacial score (nSPS) is 10.5. The van der Waals surface area contributed by atoms with Crippen LogP contribution in [0.4, 0.5) is 0 Å². The smallest absolute Gasteiger partial charge is 0.337 e. The fraction of sp³-hybridized carbons (Fsp3) is 0.250. The first-order valence-electron chi connectivity index (χ1n) is 6.65. The van der Waals surface area contributed by atoms with Crippen molar-refractivity contribution in [3.63, 3.8) is 0 Å². The van der Waals surface area contributed by atoms with Gasteiger partial charge >= 0.3 is 5.97 Å². The lowest BCUT2D eigenvalue weighted by atomic mass is 10.0. The van der Waals surface area contributed by atoms with E-state index < -0.39 is 5.97 Å². The number of para-hydroxylation sites is 1. The molecule has 20 heavy (non-hydrogen) atoms.